The number of nitrogen functional groups attached to an aromatic ring is 1. The highest BCUT2D eigenvalue weighted by atomic mass is 32.2. The number of hydrogen-bond donors (Lipinski definition) is 3. The molecule has 11 heteroatoms. The maximum atomic E-state index is 13.2. The predicted molar refractivity (Wildman–Crippen MR) is 155 cm³/mol. The van der Waals surface area contributed by atoms with E-state index in [4.69, 9.17) is 10.5 Å². The lowest BCUT2D eigenvalue weighted by atomic mass is 9.99. The molecule has 0 saturated heterocycles. The zero-order chi connectivity index (χ0) is 28.3. The number of nitrogens with zero attached hydrogens (tertiary/aromatic N) is 2. The van der Waals surface area contributed by atoms with E-state index < -0.39 is 16.0 Å². The smallest absolute Gasteiger partial charge is 0.337 e. The van der Waals surface area contributed by atoms with Crippen LogP contribution in [0.2, 0.25) is 0 Å². The number of benzene rings is 3. The van der Waals surface area contributed by atoms with Gasteiger partial charge in [-0.1, -0.05) is 36.4 Å². The van der Waals surface area contributed by atoms with Crippen LogP contribution in [0.4, 0.5) is 22.7 Å². The molecule has 4 rings (SSSR count). The second kappa shape index (κ2) is 11.2. The first-order valence-electron chi connectivity index (χ1n) is 12.1. The Morgan fingerprint density at radius 2 is 1.72 bits per heavy atom. The molecule has 0 saturated carbocycles. The van der Waals surface area contributed by atoms with E-state index in [-0.39, 0.29) is 18.1 Å². The standard InChI is InChI=1S/C28H31N5O5S/c1-32(2)14-15-33(39(4,36)37)24-13-11-20(17-22(24)29)30-26(18-8-6-5-7-9-18)25-21-12-10-19(28(35)38-3)16-23(21)31-27(25)34/h5-13,16-17,30H,14-15,29H2,1-4H3,(H,31,34). The fourth-order valence-corrected chi connectivity index (χ4v) is 5.25. The maximum absolute atomic E-state index is 13.2. The molecule has 10 nitrogen and oxygen atoms in total. The van der Waals surface area contributed by atoms with Crippen molar-refractivity contribution in [2.24, 2.45) is 0 Å². The summed E-state index contributed by atoms with van der Waals surface area (Å²) in [6.07, 6.45) is 1.15. The van der Waals surface area contributed by atoms with Crippen molar-refractivity contribution >= 4 is 55.9 Å². The number of amides is 1. The molecule has 204 valence electrons. The lowest BCUT2D eigenvalue weighted by Gasteiger charge is -2.26. The number of ether oxygens (including phenoxy) is 1. The van der Waals surface area contributed by atoms with Gasteiger partial charge < -0.3 is 26.0 Å². The number of hydrogen-bond acceptors (Lipinski definition) is 8. The van der Waals surface area contributed by atoms with Gasteiger partial charge in [0, 0.05) is 24.3 Å². The number of likely N-dealkylation sites (N-methyl/N-ethyl adjacent to an activating group) is 1. The van der Waals surface area contributed by atoms with Gasteiger partial charge in [-0.2, -0.15) is 0 Å². The molecule has 1 aliphatic heterocycles. The summed E-state index contributed by atoms with van der Waals surface area (Å²) in [6, 6.07) is 19.2. The summed E-state index contributed by atoms with van der Waals surface area (Å²) < 4.78 is 31.1. The van der Waals surface area contributed by atoms with Crippen LogP contribution in [0.1, 0.15) is 21.5 Å². The van der Waals surface area contributed by atoms with Gasteiger partial charge in [0.25, 0.3) is 5.91 Å². The molecule has 0 radical (unpaired) electrons. The molecular formula is C28H31N5O5S. The van der Waals surface area contributed by atoms with Crippen LogP contribution in [0.5, 0.6) is 0 Å². The van der Waals surface area contributed by atoms with Gasteiger partial charge in [-0.25, -0.2) is 13.2 Å². The van der Waals surface area contributed by atoms with Crippen molar-refractivity contribution in [1.29, 1.82) is 0 Å². The number of rotatable bonds is 9. The van der Waals surface area contributed by atoms with Gasteiger partial charge in [0.1, 0.15) is 0 Å². The third-order valence-corrected chi connectivity index (χ3v) is 7.39. The van der Waals surface area contributed by atoms with Crippen LogP contribution in [0, 0.1) is 0 Å². The summed E-state index contributed by atoms with van der Waals surface area (Å²) in [6.45, 7) is 0.760. The minimum absolute atomic E-state index is 0.243. The molecular weight excluding hydrogens is 518 g/mol. The number of esters is 1. The maximum Gasteiger partial charge on any atom is 0.337 e. The predicted octanol–water partition coefficient (Wildman–Crippen LogP) is 3.32. The second-order valence-electron chi connectivity index (χ2n) is 9.36. The van der Waals surface area contributed by atoms with Gasteiger partial charge in [-0.05, 0) is 50.0 Å². The fraction of sp³-hybridized carbons (Fsp3) is 0.214. The molecule has 0 fully saturated rings. The van der Waals surface area contributed by atoms with Crippen LogP contribution in [0.25, 0.3) is 11.3 Å². The molecule has 3 aromatic rings. The van der Waals surface area contributed by atoms with Gasteiger partial charge in [-0.15, -0.1) is 0 Å². The van der Waals surface area contributed by atoms with E-state index in [1.807, 2.05) is 49.3 Å². The Labute approximate surface area is 228 Å². The van der Waals surface area contributed by atoms with Crippen LogP contribution in [-0.4, -0.2) is 65.7 Å². The third kappa shape index (κ3) is 6.05. The fourth-order valence-electron chi connectivity index (χ4n) is 4.31. The number of carbonyl (C=O) groups excluding carboxylic acids is 2. The first-order chi connectivity index (χ1) is 18.5. The molecule has 3 aromatic carbocycles. The topological polar surface area (TPSA) is 134 Å². The lowest BCUT2D eigenvalue weighted by molar-refractivity contribution is -0.110. The summed E-state index contributed by atoms with van der Waals surface area (Å²) in [5.41, 5.74) is 10.7. The van der Waals surface area contributed by atoms with Crippen LogP contribution >= 0.6 is 0 Å². The Kier molecular flexibility index (Phi) is 7.93. The number of nitrogens with one attached hydrogen (secondary N) is 2. The van der Waals surface area contributed by atoms with Gasteiger partial charge in [0.15, 0.2) is 0 Å². The molecule has 39 heavy (non-hydrogen) atoms. The van der Waals surface area contributed by atoms with Crippen molar-refractivity contribution in [2.45, 2.75) is 0 Å². The molecule has 1 heterocycles. The molecule has 1 aliphatic rings. The molecule has 0 bridgehead atoms. The van der Waals surface area contributed by atoms with Crippen molar-refractivity contribution in [3.63, 3.8) is 0 Å². The highest BCUT2D eigenvalue weighted by Crippen LogP contribution is 2.39. The highest BCUT2D eigenvalue weighted by molar-refractivity contribution is 7.92. The zero-order valence-corrected chi connectivity index (χ0v) is 23.0. The molecule has 0 unspecified atom stereocenters. The summed E-state index contributed by atoms with van der Waals surface area (Å²) in [7, 11) is 1.46. The monoisotopic (exact) mass is 549 g/mol. The number of anilines is 4. The molecule has 0 atom stereocenters. The van der Waals surface area contributed by atoms with Gasteiger partial charge >= 0.3 is 5.97 Å². The van der Waals surface area contributed by atoms with Crippen molar-refractivity contribution < 1.29 is 22.7 Å². The molecule has 0 aromatic heterocycles. The normalized spacial score (nSPS) is 14.0. The quantitative estimate of drug-likeness (QED) is 0.210. The van der Waals surface area contributed by atoms with Crippen LogP contribution < -0.4 is 20.7 Å². The minimum Gasteiger partial charge on any atom is -0.465 e. The number of nitrogens with two attached hydrogens (primary N) is 1. The van der Waals surface area contributed by atoms with Crippen molar-refractivity contribution in [1.82, 2.24) is 4.90 Å². The largest absolute Gasteiger partial charge is 0.465 e. The number of carbonyl (C=O) groups is 2. The zero-order valence-electron chi connectivity index (χ0n) is 22.2. The lowest BCUT2D eigenvalue weighted by Crippen LogP contribution is -2.36. The molecule has 4 N–H and O–H groups in total. The van der Waals surface area contributed by atoms with Gasteiger partial charge in [0.2, 0.25) is 10.0 Å². The number of fused-ring (bicyclic) bond motifs is 1. The molecule has 0 spiro atoms. The average molecular weight is 550 g/mol. The van der Waals surface area contributed by atoms with E-state index in [2.05, 4.69) is 10.6 Å². The Balaban J connectivity index is 1.77. The molecule has 1 amide bonds. The number of methoxy groups -OCH3 is 1. The molecule has 0 aliphatic carbocycles. The Morgan fingerprint density at radius 1 is 1.00 bits per heavy atom. The van der Waals surface area contributed by atoms with Crippen molar-refractivity contribution in [3.05, 3.63) is 83.4 Å². The van der Waals surface area contributed by atoms with Crippen LogP contribution in [0.3, 0.4) is 0 Å². The highest BCUT2D eigenvalue weighted by Gasteiger charge is 2.29. The Morgan fingerprint density at radius 3 is 2.33 bits per heavy atom. The second-order valence-corrected chi connectivity index (χ2v) is 11.3. The minimum atomic E-state index is -3.57. The van der Waals surface area contributed by atoms with E-state index in [0.717, 1.165) is 11.8 Å². The number of sulfonamides is 1. The third-order valence-electron chi connectivity index (χ3n) is 6.21. The van der Waals surface area contributed by atoms with E-state index in [9.17, 15) is 18.0 Å². The summed E-state index contributed by atoms with van der Waals surface area (Å²) in [5, 5.41) is 6.16. The summed E-state index contributed by atoms with van der Waals surface area (Å²) >= 11 is 0. The van der Waals surface area contributed by atoms with E-state index in [1.54, 1.807) is 36.4 Å². The van der Waals surface area contributed by atoms with E-state index in [0.29, 0.717) is 46.0 Å². The summed E-state index contributed by atoms with van der Waals surface area (Å²) in [4.78, 5) is 27.1. The van der Waals surface area contributed by atoms with E-state index >= 15 is 0 Å². The summed E-state index contributed by atoms with van der Waals surface area (Å²) in [5.74, 6) is -0.843. The van der Waals surface area contributed by atoms with Crippen LogP contribution in [-0.2, 0) is 19.6 Å². The Hall–Kier alpha value is -4.35. The van der Waals surface area contributed by atoms with E-state index in [1.165, 1.54) is 11.4 Å². The van der Waals surface area contributed by atoms with Crippen molar-refractivity contribution in [3.8, 4) is 0 Å². The van der Waals surface area contributed by atoms with Crippen LogP contribution in [0.15, 0.2) is 66.7 Å². The van der Waals surface area contributed by atoms with Gasteiger partial charge in [-0.3, -0.25) is 9.10 Å². The SMILES string of the molecule is COC(=O)c1ccc2c(c1)NC(=O)C2=C(Nc1ccc(N(CCN(C)C)S(C)(=O)=O)c(N)c1)c1ccccc1. The first-order valence-corrected chi connectivity index (χ1v) is 14.0. The Bertz CT molecular complexity index is 1550. The average Bonchev–Trinajstić information content (AvgIpc) is 3.22. The first kappa shape index (κ1) is 27.7. The van der Waals surface area contributed by atoms with Gasteiger partial charge in [0.05, 0.1) is 47.3 Å². The van der Waals surface area contributed by atoms with Crippen molar-refractivity contribution in [2.75, 3.05) is 61.2 Å².